The molecule has 3 amide bonds. The number of imide groups is 1. The first-order valence-electron chi connectivity index (χ1n) is 6.98. The van der Waals surface area contributed by atoms with Crippen molar-refractivity contribution in [2.75, 3.05) is 11.6 Å². The van der Waals surface area contributed by atoms with E-state index in [9.17, 15) is 14.4 Å². The number of halogens is 1. The van der Waals surface area contributed by atoms with Gasteiger partial charge in [-0.2, -0.15) is 0 Å². The fourth-order valence-electron chi connectivity index (χ4n) is 2.49. The van der Waals surface area contributed by atoms with Crippen molar-refractivity contribution in [3.63, 3.8) is 0 Å². The Labute approximate surface area is 147 Å². The summed E-state index contributed by atoms with van der Waals surface area (Å²) in [7, 11) is 0. The summed E-state index contributed by atoms with van der Waals surface area (Å²) in [6, 6.07) is 14.0. The van der Waals surface area contributed by atoms with Gasteiger partial charge in [-0.25, -0.2) is 0 Å². The first-order chi connectivity index (χ1) is 11.0. The molecule has 0 atom stereocenters. The number of benzene rings is 2. The van der Waals surface area contributed by atoms with Gasteiger partial charge in [-0.1, -0.05) is 12.1 Å². The van der Waals surface area contributed by atoms with Crippen LogP contribution in [0.3, 0.4) is 0 Å². The van der Waals surface area contributed by atoms with Crippen LogP contribution in [-0.4, -0.2) is 29.3 Å². The molecule has 0 saturated heterocycles. The van der Waals surface area contributed by atoms with Crippen LogP contribution in [0.15, 0.2) is 48.5 Å². The fourth-order valence-corrected chi connectivity index (χ4v) is 2.85. The molecule has 0 aliphatic carbocycles. The molecule has 1 aliphatic heterocycles. The molecule has 5 nitrogen and oxygen atoms in total. The summed E-state index contributed by atoms with van der Waals surface area (Å²) in [5.41, 5.74) is 1.40. The second-order valence-corrected chi connectivity index (χ2v) is 6.39. The Morgan fingerprint density at radius 2 is 1.52 bits per heavy atom. The SMILES string of the molecule is CC(=O)N(CN1C(=O)c2ccccc2C1=O)c1ccc(I)cc1. The van der Waals surface area contributed by atoms with E-state index in [1.54, 1.807) is 36.4 Å². The molecule has 2 aromatic carbocycles. The maximum atomic E-state index is 12.4. The third-order valence-electron chi connectivity index (χ3n) is 3.68. The molecule has 3 rings (SSSR count). The quantitative estimate of drug-likeness (QED) is 0.567. The van der Waals surface area contributed by atoms with Gasteiger partial charge in [0.15, 0.2) is 0 Å². The van der Waals surface area contributed by atoms with Gasteiger partial charge in [0.25, 0.3) is 11.8 Å². The van der Waals surface area contributed by atoms with E-state index in [-0.39, 0.29) is 24.4 Å². The lowest BCUT2D eigenvalue weighted by molar-refractivity contribution is -0.116. The Morgan fingerprint density at radius 3 is 2.00 bits per heavy atom. The first-order valence-corrected chi connectivity index (χ1v) is 8.06. The molecule has 1 aliphatic rings. The number of hydrogen-bond acceptors (Lipinski definition) is 3. The highest BCUT2D eigenvalue weighted by atomic mass is 127. The molecule has 2 aromatic rings. The topological polar surface area (TPSA) is 57.7 Å². The number of fused-ring (bicyclic) bond motifs is 1. The summed E-state index contributed by atoms with van der Waals surface area (Å²) in [5.74, 6) is -0.979. The van der Waals surface area contributed by atoms with Crippen LogP contribution < -0.4 is 4.90 Å². The van der Waals surface area contributed by atoms with Crippen LogP contribution in [0.1, 0.15) is 27.6 Å². The summed E-state index contributed by atoms with van der Waals surface area (Å²) in [6.07, 6.45) is 0. The standard InChI is InChI=1S/C17H13IN2O3/c1-11(21)19(13-8-6-12(18)7-9-13)10-20-16(22)14-4-2-3-5-15(14)17(20)23/h2-9H,10H2,1H3. The number of amides is 3. The maximum Gasteiger partial charge on any atom is 0.263 e. The van der Waals surface area contributed by atoms with Gasteiger partial charge in [0.2, 0.25) is 5.91 Å². The van der Waals surface area contributed by atoms with E-state index in [4.69, 9.17) is 0 Å². The largest absolute Gasteiger partial charge is 0.294 e. The highest BCUT2D eigenvalue weighted by Gasteiger charge is 2.36. The molecule has 116 valence electrons. The van der Waals surface area contributed by atoms with Gasteiger partial charge in [-0.05, 0) is 59.0 Å². The van der Waals surface area contributed by atoms with Crippen LogP contribution >= 0.6 is 22.6 Å². The van der Waals surface area contributed by atoms with Gasteiger partial charge in [0, 0.05) is 16.2 Å². The normalized spacial score (nSPS) is 13.2. The molecule has 0 radical (unpaired) electrons. The van der Waals surface area contributed by atoms with Crippen molar-refractivity contribution in [2.24, 2.45) is 0 Å². The van der Waals surface area contributed by atoms with E-state index in [1.165, 1.54) is 11.8 Å². The number of carbonyl (C=O) groups is 3. The van der Waals surface area contributed by atoms with Crippen LogP contribution in [0, 0.1) is 3.57 Å². The molecule has 0 N–H and O–H groups in total. The summed E-state index contributed by atoms with van der Waals surface area (Å²) in [6.45, 7) is 1.32. The van der Waals surface area contributed by atoms with E-state index in [1.807, 2.05) is 12.1 Å². The second kappa shape index (κ2) is 6.11. The zero-order valence-corrected chi connectivity index (χ0v) is 14.5. The molecule has 0 spiro atoms. The molecular weight excluding hydrogens is 407 g/mol. The van der Waals surface area contributed by atoms with Gasteiger partial charge >= 0.3 is 0 Å². The predicted octanol–water partition coefficient (Wildman–Crippen LogP) is 2.90. The monoisotopic (exact) mass is 420 g/mol. The minimum Gasteiger partial charge on any atom is -0.294 e. The number of anilines is 1. The van der Waals surface area contributed by atoms with Gasteiger partial charge in [-0.3, -0.25) is 24.2 Å². The number of hydrogen-bond donors (Lipinski definition) is 0. The molecule has 0 aromatic heterocycles. The zero-order valence-electron chi connectivity index (χ0n) is 12.3. The molecule has 0 fully saturated rings. The van der Waals surface area contributed by atoms with Crippen molar-refractivity contribution in [1.29, 1.82) is 0 Å². The molecule has 0 saturated carbocycles. The summed E-state index contributed by atoms with van der Waals surface area (Å²) in [4.78, 5) is 39.3. The lowest BCUT2D eigenvalue weighted by Crippen LogP contribution is -2.43. The Bertz CT molecular complexity index is 767. The molecule has 6 heteroatoms. The third-order valence-corrected chi connectivity index (χ3v) is 4.40. The van der Waals surface area contributed by atoms with Gasteiger partial charge in [0.05, 0.1) is 11.1 Å². The van der Waals surface area contributed by atoms with Crippen molar-refractivity contribution in [2.45, 2.75) is 6.92 Å². The minimum atomic E-state index is -0.373. The Hall–Kier alpha value is -2.22. The highest BCUT2D eigenvalue weighted by Crippen LogP contribution is 2.24. The molecule has 0 bridgehead atoms. The lowest BCUT2D eigenvalue weighted by atomic mass is 10.1. The average Bonchev–Trinajstić information content (AvgIpc) is 2.78. The molecule has 1 heterocycles. The zero-order chi connectivity index (χ0) is 16.6. The Kier molecular flexibility index (Phi) is 4.16. The van der Waals surface area contributed by atoms with Gasteiger partial charge in [0.1, 0.15) is 6.67 Å². The Balaban J connectivity index is 1.90. The number of carbonyl (C=O) groups excluding carboxylic acids is 3. The van der Waals surface area contributed by atoms with E-state index in [2.05, 4.69) is 22.6 Å². The van der Waals surface area contributed by atoms with Crippen molar-refractivity contribution in [1.82, 2.24) is 4.90 Å². The molecule has 23 heavy (non-hydrogen) atoms. The fraction of sp³-hybridized carbons (Fsp3) is 0.118. The number of nitrogens with zero attached hydrogens (tertiary/aromatic N) is 2. The van der Waals surface area contributed by atoms with Crippen molar-refractivity contribution >= 4 is 46.0 Å². The molecular formula is C17H13IN2O3. The second-order valence-electron chi connectivity index (χ2n) is 5.15. The van der Waals surface area contributed by atoms with Crippen LogP contribution in [-0.2, 0) is 4.79 Å². The minimum absolute atomic E-state index is 0.0950. The lowest BCUT2D eigenvalue weighted by Gasteiger charge is -2.26. The predicted molar refractivity (Wildman–Crippen MR) is 94.1 cm³/mol. The van der Waals surface area contributed by atoms with Crippen molar-refractivity contribution in [3.8, 4) is 0 Å². The van der Waals surface area contributed by atoms with Gasteiger partial charge in [-0.15, -0.1) is 0 Å². The van der Waals surface area contributed by atoms with Crippen LogP contribution in [0.2, 0.25) is 0 Å². The van der Waals surface area contributed by atoms with E-state index in [0.717, 1.165) is 8.47 Å². The van der Waals surface area contributed by atoms with Gasteiger partial charge < -0.3 is 0 Å². The molecule has 0 unspecified atom stereocenters. The summed E-state index contributed by atoms with van der Waals surface area (Å²) in [5, 5.41) is 0. The van der Waals surface area contributed by atoms with E-state index in [0.29, 0.717) is 16.8 Å². The first kappa shape index (κ1) is 15.7. The highest BCUT2D eigenvalue weighted by molar-refractivity contribution is 14.1. The Morgan fingerprint density at radius 1 is 1.00 bits per heavy atom. The summed E-state index contributed by atoms with van der Waals surface area (Å²) < 4.78 is 1.04. The smallest absolute Gasteiger partial charge is 0.263 e. The van der Waals surface area contributed by atoms with Crippen LogP contribution in [0.25, 0.3) is 0 Å². The van der Waals surface area contributed by atoms with E-state index < -0.39 is 0 Å². The van der Waals surface area contributed by atoms with Crippen LogP contribution in [0.4, 0.5) is 5.69 Å². The third kappa shape index (κ3) is 2.86. The van der Waals surface area contributed by atoms with Crippen LogP contribution in [0.5, 0.6) is 0 Å². The summed E-state index contributed by atoms with van der Waals surface area (Å²) >= 11 is 2.17. The van der Waals surface area contributed by atoms with Crippen molar-refractivity contribution < 1.29 is 14.4 Å². The number of rotatable bonds is 3. The van der Waals surface area contributed by atoms with E-state index >= 15 is 0 Å². The maximum absolute atomic E-state index is 12.4. The van der Waals surface area contributed by atoms with Crippen molar-refractivity contribution in [3.05, 3.63) is 63.2 Å². The average molecular weight is 420 g/mol.